The van der Waals surface area contributed by atoms with Crippen molar-refractivity contribution in [2.24, 2.45) is 0 Å². The predicted molar refractivity (Wildman–Crippen MR) is 78.1 cm³/mol. The molecule has 0 radical (unpaired) electrons. The number of hydrogen-bond donors (Lipinski definition) is 1. The van der Waals surface area contributed by atoms with Crippen molar-refractivity contribution < 1.29 is 9.59 Å². The highest BCUT2D eigenvalue weighted by Gasteiger charge is 2.33. The van der Waals surface area contributed by atoms with E-state index in [4.69, 9.17) is 0 Å². The van der Waals surface area contributed by atoms with Gasteiger partial charge in [-0.05, 0) is 24.0 Å². The number of carbonyl (C=O) groups is 2. The fourth-order valence-electron chi connectivity index (χ4n) is 2.81. The summed E-state index contributed by atoms with van der Waals surface area (Å²) >= 11 is 0. The van der Waals surface area contributed by atoms with Gasteiger partial charge in [0, 0.05) is 19.5 Å². The molecule has 4 nitrogen and oxygen atoms in total. The Morgan fingerprint density at radius 3 is 2.50 bits per heavy atom. The fourth-order valence-corrected chi connectivity index (χ4v) is 2.81. The maximum absolute atomic E-state index is 11.8. The molecule has 20 heavy (non-hydrogen) atoms. The van der Waals surface area contributed by atoms with E-state index in [1.165, 1.54) is 11.1 Å². The van der Waals surface area contributed by atoms with Gasteiger partial charge in [0.1, 0.15) is 0 Å². The normalized spacial score (nSPS) is 22.4. The summed E-state index contributed by atoms with van der Waals surface area (Å²) in [7, 11) is 0. The Kier molecular flexibility index (Phi) is 4.90. The summed E-state index contributed by atoms with van der Waals surface area (Å²) in [5.41, 5.74) is 2.68. The topological polar surface area (TPSA) is 49.4 Å². The number of carbonyl (C=O) groups excluding carboxylic acids is 2. The molecule has 1 saturated heterocycles. The molecule has 0 saturated carbocycles. The number of nitrogens with zero attached hydrogens (tertiary/aromatic N) is 1. The van der Waals surface area contributed by atoms with Crippen LogP contribution >= 0.6 is 0 Å². The molecule has 1 aromatic carbocycles. The van der Waals surface area contributed by atoms with Crippen LogP contribution in [0.25, 0.3) is 0 Å². The highest BCUT2D eigenvalue weighted by Crippen LogP contribution is 2.23. The summed E-state index contributed by atoms with van der Waals surface area (Å²) in [4.78, 5) is 25.2. The molecule has 2 amide bonds. The zero-order valence-corrected chi connectivity index (χ0v) is 12.2. The van der Waals surface area contributed by atoms with Gasteiger partial charge in [-0.2, -0.15) is 0 Å². The fraction of sp³-hybridized carbons (Fsp3) is 0.500. The van der Waals surface area contributed by atoms with Crippen LogP contribution in [0, 0.1) is 0 Å². The van der Waals surface area contributed by atoms with Gasteiger partial charge >= 0.3 is 0 Å². The van der Waals surface area contributed by atoms with Crippen LogP contribution < -0.4 is 5.32 Å². The van der Waals surface area contributed by atoms with E-state index in [0.717, 1.165) is 19.5 Å². The minimum atomic E-state index is -0.145. The second kappa shape index (κ2) is 6.66. The molecule has 1 unspecified atom stereocenters. The molecule has 1 aromatic rings. The van der Waals surface area contributed by atoms with Gasteiger partial charge in [-0.25, -0.2) is 0 Å². The Labute approximate surface area is 120 Å². The first-order valence-corrected chi connectivity index (χ1v) is 7.38. The SMILES string of the molecule is CC.O=C1CCC(N2CCc3ccccc3C2)C(=O)N1. The van der Waals surface area contributed by atoms with Gasteiger partial charge in [0.15, 0.2) is 0 Å². The molecular weight excluding hydrogens is 252 g/mol. The molecule has 3 rings (SSSR count). The minimum Gasteiger partial charge on any atom is -0.295 e. The average molecular weight is 274 g/mol. The van der Waals surface area contributed by atoms with Crippen LogP contribution in [0.4, 0.5) is 0 Å². The minimum absolute atomic E-state index is 0.134. The summed E-state index contributed by atoms with van der Waals surface area (Å²) in [6.45, 7) is 5.70. The lowest BCUT2D eigenvalue weighted by molar-refractivity contribution is -0.137. The molecule has 1 fully saturated rings. The van der Waals surface area contributed by atoms with Gasteiger partial charge in [-0.3, -0.25) is 19.8 Å². The van der Waals surface area contributed by atoms with Crippen molar-refractivity contribution in [3.63, 3.8) is 0 Å². The van der Waals surface area contributed by atoms with Crippen molar-refractivity contribution in [2.45, 2.75) is 45.7 Å². The van der Waals surface area contributed by atoms with Crippen molar-refractivity contribution in [3.8, 4) is 0 Å². The molecule has 0 bridgehead atoms. The van der Waals surface area contributed by atoms with E-state index >= 15 is 0 Å². The quantitative estimate of drug-likeness (QED) is 0.795. The van der Waals surface area contributed by atoms with Gasteiger partial charge in [0.25, 0.3) is 0 Å². The van der Waals surface area contributed by atoms with E-state index < -0.39 is 0 Å². The van der Waals surface area contributed by atoms with Gasteiger partial charge in [-0.1, -0.05) is 38.1 Å². The first kappa shape index (κ1) is 14.7. The molecule has 2 aliphatic rings. The Morgan fingerprint density at radius 2 is 1.80 bits per heavy atom. The lowest BCUT2D eigenvalue weighted by Crippen LogP contribution is -2.53. The third-order valence-electron chi connectivity index (χ3n) is 3.81. The number of imide groups is 1. The Morgan fingerprint density at radius 1 is 1.10 bits per heavy atom. The van der Waals surface area contributed by atoms with Crippen molar-refractivity contribution in [1.29, 1.82) is 0 Å². The van der Waals surface area contributed by atoms with Crippen LogP contribution in [0.15, 0.2) is 24.3 Å². The van der Waals surface area contributed by atoms with Gasteiger partial charge in [-0.15, -0.1) is 0 Å². The van der Waals surface area contributed by atoms with E-state index in [9.17, 15) is 9.59 Å². The van der Waals surface area contributed by atoms with Crippen molar-refractivity contribution in [3.05, 3.63) is 35.4 Å². The molecular formula is C16H22N2O2. The number of amides is 2. The molecule has 2 heterocycles. The number of benzene rings is 1. The summed E-state index contributed by atoms with van der Waals surface area (Å²) in [5, 5.41) is 2.43. The first-order chi connectivity index (χ1) is 9.74. The van der Waals surface area contributed by atoms with Crippen molar-refractivity contribution in [1.82, 2.24) is 10.2 Å². The van der Waals surface area contributed by atoms with Gasteiger partial charge < -0.3 is 0 Å². The van der Waals surface area contributed by atoms with E-state index in [0.29, 0.717) is 12.8 Å². The van der Waals surface area contributed by atoms with Crippen LogP contribution in [0.3, 0.4) is 0 Å². The van der Waals surface area contributed by atoms with E-state index in [1.54, 1.807) is 0 Å². The lowest BCUT2D eigenvalue weighted by Gasteiger charge is -2.36. The number of fused-ring (bicyclic) bond motifs is 1. The van der Waals surface area contributed by atoms with Crippen LogP contribution in [-0.4, -0.2) is 29.3 Å². The van der Waals surface area contributed by atoms with Crippen LogP contribution in [0.1, 0.15) is 37.8 Å². The smallest absolute Gasteiger partial charge is 0.243 e. The van der Waals surface area contributed by atoms with E-state index in [-0.39, 0.29) is 17.9 Å². The third kappa shape index (κ3) is 3.07. The first-order valence-electron chi connectivity index (χ1n) is 7.38. The number of piperidine rings is 1. The second-order valence-corrected chi connectivity index (χ2v) is 4.96. The molecule has 2 aliphatic heterocycles. The molecule has 108 valence electrons. The zero-order valence-electron chi connectivity index (χ0n) is 12.2. The van der Waals surface area contributed by atoms with Crippen molar-refractivity contribution in [2.75, 3.05) is 6.54 Å². The van der Waals surface area contributed by atoms with Crippen LogP contribution in [0.5, 0.6) is 0 Å². The average Bonchev–Trinajstić information content (AvgIpc) is 2.49. The monoisotopic (exact) mass is 274 g/mol. The molecule has 4 heteroatoms. The van der Waals surface area contributed by atoms with Gasteiger partial charge in [0.2, 0.25) is 11.8 Å². The van der Waals surface area contributed by atoms with Crippen LogP contribution in [0.2, 0.25) is 0 Å². The number of hydrogen-bond acceptors (Lipinski definition) is 3. The molecule has 1 N–H and O–H groups in total. The second-order valence-electron chi connectivity index (χ2n) is 4.96. The summed E-state index contributed by atoms with van der Waals surface area (Å²) in [6, 6.07) is 8.22. The largest absolute Gasteiger partial charge is 0.295 e. The highest BCUT2D eigenvalue weighted by atomic mass is 16.2. The highest BCUT2D eigenvalue weighted by molar-refractivity contribution is 6.00. The van der Waals surface area contributed by atoms with E-state index in [1.807, 2.05) is 19.9 Å². The number of rotatable bonds is 1. The van der Waals surface area contributed by atoms with Crippen molar-refractivity contribution >= 4 is 11.8 Å². The standard InChI is InChI=1S/C14H16N2O2.C2H6/c17-13-6-5-12(14(18)15-13)16-8-7-10-3-1-2-4-11(10)9-16;1-2/h1-4,12H,5-9H2,(H,15,17,18);1-2H3. The Balaban J connectivity index is 0.000000704. The maximum Gasteiger partial charge on any atom is 0.243 e. The molecule has 0 aliphatic carbocycles. The third-order valence-corrected chi connectivity index (χ3v) is 3.81. The summed E-state index contributed by atoms with van der Waals surface area (Å²) < 4.78 is 0. The lowest BCUT2D eigenvalue weighted by atomic mass is 9.96. The zero-order chi connectivity index (χ0) is 14.5. The summed E-state index contributed by atoms with van der Waals surface area (Å²) in [6.07, 6.45) is 2.08. The van der Waals surface area contributed by atoms with Gasteiger partial charge in [0.05, 0.1) is 6.04 Å². The Hall–Kier alpha value is -1.68. The molecule has 0 spiro atoms. The maximum atomic E-state index is 11.8. The van der Waals surface area contributed by atoms with Crippen LogP contribution in [-0.2, 0) is 22.6 Å². The number of nitrogens with one attached hydrogen (secondary N) is 1. The van der Waals surface area contributed by atoms with E-state index in [2.05, 4.69) is 28.4 Å². The molecule has 0 aromatic heterocycles. The Bertz CT molecular complexity index is 499. The predicted octanol–water partition coefficient (Wildman–Crippen LogP) is 1.88. The summed E-state index contributed by atoms with van der Waals surface area (Å²) in [5.74, 6) is -0.278. The molecule has 1 atom stereocenters.